The highest BCUT2D eigenvalue weighted by Gasteiger charge is 2.21. The number of nitriles is 1. The average Bonchev–Trinajstić information content (AvgIpc) is 2.80. The van der Waals surface area contributed by atoms with Crippen LogP contribution in [-0.2, 0) is 12.0 Å². The van der Waals surface area contributed by atoms with E-state index in [4.69, 9.17) is 0 Å². The lowest BCUT2D eigenvalue weighted by Crippen LogP contribution is -2.18. The first-order chi connectivity index (χ1) is 15.2. The molecule has 1 heterocycles. The smallest absolute Gasteiger partial charge is 0.256 e. The van der Waals surface area contributed by atoms with Crippen LogP contribution in [-0.4, -0.2) is 21.9 Å². The van der Waals surface area contributed by atoms with Crippen LogP contribution >= 0.6 is 0 Å². The van der Waals surface area contributed by atoms with Crippen molar-refractivity contribution in [2.24, 2.45) is 0 Å². The summed E-state index contributed by atoms with van der Waals surface area (Å²) < 4.78 is 0. The molecule has 0 spiro atoms. The number of carbonyl (C=O) groups excluding carboxylic acids is 2. The van der Waals surface area contributed by atoms with Crippen LogP contribution in [0.25, 0.3) is 0 Å². The maximum atomic E-state index is 12.8. The Kier molecular flexibility index (Phi) is 6.67. The van der Waals surface area contributed by atoms with Gasteiger partial charge in [0.2, 0.25) is 0 Å². The summed E-state index contributed by atoms with van der Waals surface area (Å²) in [7, 11) is 0. The van der Waals surface area contributed by atoms with Gasteiger partial charge in [0.05, 0.1) is 30.0 Å². The molecule has 3 aromatic rings. The minimum Gasteiger partial charge on any atom is -0.392 e. The zero-order valence-electron chi connectivity index (χ0n) is 18.1. The summed E-state index contributed by atoms with van der Waals surface area (Å²) in [5.74, 6) is -0.691. The van der Waals surface area contributed by atoms with E-state index in [1.807, 2.05) is 6.07 Å². The van der Waals surface area contributed by atoms with E-state index >= 15 is 0 Å². The van der Waals surface area contributed by atoms with Crippen molar-refractivity contribution < 1.29 is 14.7 Å². The van der Waals surface area contributed by atoms with Crippen LogP contribution in [0.2, 0.25) is 0 Å². The molecule has 0 radical (unpaired) electrons. The van der Waals surface area contributed by atoms with E-state index < -0.39 is 5.41 Å². The van der Waals surface area contributed by atoms with E-state index in [2.05, 4.69) is 21.7 Å². The largest absolute Gasteiger partial charge is 0.392 e. The quantitative estimate of drug-likeness (QED) is 0.545. The molecule has 2 aromatic carbocycles. The van der Waals surface area contributed by atoms with Crippen LogP contribution in [0.5, 0.6) is 0 Å². The normalized spacial score (nSPS) is 10.8. The van der Waals surface area contributed by atoms with E-state index in [9.17, 15) is 20.0 Å². The third-order valence-corrected chi connectivity index (χ3v) is 5.10. The zero-order chi connectivity index (χ0) is 23.3. The first-order valence-electron chi connectivity index (χ1n) is 10.0. The van der Waals surface area contributed by atoms with Crippen molar-refractivity contribution in [2.45, 2.75) is 32.8 Å². The molecule has 162 valence electrons. The molecular formula is C25H24N4O3. The number of pyridine rings is 1. The Labute approximate surface area is 186 Å². The Morgan fingerprint density at radius 3 is 2.50 bits per heavy atom. The predicted octanol–water partition coefficient (Wildman–Crippen LogP) is 4.19. The summed E-state index contributed by atoms with van der Waals surface area (Å²) in [6.45, 7) is 5.21. The van der Waals surface area contributed by atoms with Crippen LogP contribution in [0, 0.1) is 18.3 Å². The van der Waals surface area contributed by atoms with Gasteiger partial charge in [-0.15, -0.1) is 0 Å². The van der Waals surface area contributed by atoms with Gasteiger partial charge in [0.15, 0.2) is 0 Å². The van der Waals surface area contributed by atoms with Gasteiger partial charge in [-0.25, -0.2) is 0 Å². The average molecular weight is 428 g/mol. The Morgan fingerprint density at radius 2 is 1.78 bits per heavy atom. The van der Waals surface area contributed by atoms with Crippen LogP contribution in [0.15, 0.2) is 60.9 Å². The standard InChI is InChI=1S/C25H24N4O3/c1-16-7-8-20(11-22(16)24(32)29-21-9-17(14-30)12-27-13-21)28-23(31)18-5-4-6-19(10-18)25(2,3)15-26/h4-13,30H,14H2,1-3H3,(H,28,31)(H,29,32). The van der Waals surface area contributed by atoms with Crippen LogP contribution < -0.4 is 10.6 Å². The van der Waals surface area contributed by atoms with E-state index in [1.54, 1.807) is 63.2 Å². The third kappa shape index (κ3) is 5.17. The summed E-state index contributed by atoms with van der Waals surface area (Å²) in [6, 6.07) is 15.9. The van der Waals surface area contributed by atoms with Crippen molar-refractivity contribution in [3.8, 4) is 6.07 Å². The van der Waals surface area contributed by atoms with Gasteiger partial charge in [0.1, 0.15) is 0 Å². The monoisotopic (exact) mass is 428 g/mol. The second-order valence-corrected chi connectivity index (χ2v) is 8.00. The molecule has 0 bridgehead atoms. The van der Waals surface area contributed by atoms with Crippen molar-refractivity contribution in [2.75, 3.05) is 10.6 Å². The van der Waals surface area contributed by atoms with Crippen LogP contribution in [0.1, 0.15) is 51.3 Å². The fourth-order valence-corrected chi connectivity index (χ4v) is 3.10. The fraction of sp³-hybridized carbons (Fsp3) is 0.200. The van der Waals surface area contributed by atoms with Crippen LogP contribution in [0.3, 0.4) is 0 Å². The molecular weight excluding hydrogens is 404 g/mol. The van der Waals surface area contributed by atoms with Gasteiger partial charge in [-0.2, -0.15) is 5.26 Å². The molecule has 2 amide bonds. The molecule has 7 heteroatoms. The molecule has 32 heavy (non-hydrogen) atoms. The Bertz CT molecular complexity index is 1210. The van der Waals surface area contributed by atoms with Gasteiger partial charge >= 0.3 is 0 Å². The number of anilines is 2. The highest BCUT2D eigenvalue weighted by Crippen LogP contribution is 2.24. The summed E-state index contributed by atoms with van der Waals surface area (Å²) in [5.41, 5.74) is 3.11. The van der Waals surface area contributed by atoms with Crippen molar-refractivity contribution in [1.82, 2.24) is 4.98 Å². The number of aliphatic hydroxyl groups is 1. The Hall–Kier alpha value is -4.02. The minimum absolute atomic E-state index is 0.177. The number of hydrogen-bond acceptors (Lipinski definition) is 5. The zero-order valence-corrected chi connectivity index (χ0v) is 18.1. The van der Waals surface area contributed by atoms with Gasteiger partial charge in [0.25, 0.3) is 11.8 Å². The van der Waals surface area contributed by atoms with Crippen molar-refractivity contribution >= 4 is 23.2 Å². The predicted molar refractivity (Wildman–Crippen MR) is 122 cm³/mol. The SMILES string of the molecule is Cc1ccc(NC(=O)c2cccc(C(C)(C)C#N)c2)cc1C(=O)Nc1cncc(CO)c1. The number of nitrogens with one attached hydrogen (secondary N) is 2. The van der Waals surface area contributed by atoms with E-state index in [0.29, 0.717) is 28.1 Å². The maximum absolute atomic E-state index is 12.8. The number of nitrogens with zero attached hydrogens (tertiary/aromatic N) is 2. The molecule has 0 aliphatic heterocycles. The molecule has 0 unspecified atom stereocenters. The maximum Gasteiger partial charge on any atom is 0.256 e. The molecule has 0 saturated heterocycles. The molecule has 0 aliphatic carbocycles. The number of aromatic nitrogens is 1. The molecule has 3 rings (SSSR count). The minimum atomic E-state index is -0.715. The highest BCUT2D eigenvalue weighted by atomic mass is 16.3. The van der Waals surface area contributed by atoms with Crippen molar-refractivity contribution in [3.63, 3.8) is 0 Å². The van der Waals surface area contributed by atoms with E-state index in [0.717, 1.165) is 11.1 Å². The Morgan fingerprint density at radius 1 is 1.03 bits per heavy atom. The lowest BCUT2D eigenvalue weighted by atomic mass is 9.85. The van der Waals surface area contributed by atoms with E-state index in [1.165, 1.54) is 12.4 Å². The number of amides is 2. The van der Waals surface area contributed by atoms with Gasteiger partial charge in [-0.1, -0.05) is 18.2 Å². The van der Waals surface area contributed by atoms with Gasteiger partial charge < -0.3 is 15.7 Å². The summed E-state index contributed by atoms with van der Waals surface area (Å²) in [6.07, 6.45) is 3.01. The molecule has 0 atom stereocenters. The van der Waals surface area contributed by atoms with Gasteiger partial charge in [-0.05, 0) is 67.8 Å². The lowest BCUT2D eigenvalue weighted by Gasteiger charge is -2.16. The molecule has 0 saturated carbocycles. The van der Waals surface area contributed by atoms with E-state index in [-0.39, 0.29) is 18.4 Å². The Balaban J connectivity index is 1.80. The molecule has 3 N–H and O–H groups in total. The lowest BCUT2D eigenvalue weighted by molar-refractivity contribution is 0.101. The summed E-state index contributed by atoms with van der Waals surface area (Å²) in [4.78, 5) is 29.6. The second-order valence-electron chi connectivity index (χ2n) is 8.00. The molecule has 0 aliphatic rings. The number of aryl methyl sites for hydroxylation is 1. The van der Waals surface area contributed by atoms with Gasteiger partial charge in [-0.3, -0.25) is 14.6 Å². The summed E-state index contributed by atoms with van der Waals surface area (Å²) >= 11 is 0. The summed E-state index contributed by atoms with van der Waals surface area (Å²) in [5, 5.41) is 24.2. The second kappa shape index (κ2) is 9.41. The van der Waals surface area contributed by atoms with Crippen molar-refractivity contribution in [3.05, 3.63) is 88.7 Å². The molecule has 7 nitrogen and oxygen atoms in total. The van der Waals surface area contributed by atoms with Gasteiger partial charge in [0, 0.05) is 23.0 Å². The first kappa shape index (κ1) is 22.7. The topological polar surface area (TPSA) is 115 Å². The number of hydrogen-bond donors (Lipinski definition) is 3. The highest BCUT2D eigenvalue weighted by molar-refractivity contribution is 6.08. The fourth-order valence-electron chi connectivity index (χ4n) is 3.10. The number of aliphatic hydroxyl groups excluding tert-OH is 1. The number of carbonyl (C=O) groups is 2. The molecule has 0 fully saturated rings. The van der Waals surface area contributed by atoms with Crippen LogP contribution in [0.4, 0.5) is 11.4 Å². The third-order valence-electron chi connectivity index (χ3n) is 5.10. The number of benzene rings is 2. The number of rotatable bonds is 6. The first-order valence-corrected chi connectivity index (χ1v) is 10.0. The molecule has 1 aromatic heterocycles. The van der Waals surface area contributed by atoms with Crippen molar-refractivity contribution in [1.29, 1.82) is 5.26 Å².